The van der Waals surface area contributed by atoms with Gasteiger partial charge in [-0.1, -0.05) is 42.5 Å². The molecule has 1 unspecified atom stereocenters. The molecule has 0 bridgehead atoms. The maximum atomic E-state index is 14.5. The zero-order chi connectivity index (χ0) is 40.9. The predicted octanol–water partition coefficient (Wildman–Crippen LogP) is 9.47. The van der Waals surface area contributed by atoms with Gasteiger partial charge in [-0.2, -0.15) is 0 Å². The van der Waals surface area contributed by atoms with Gasteiger partial charge in [0.1, 0.15) is 69.1 Å². The van der Waals surface area contributed by atoms with Gasteiger partial charge in [0.2, 0.25) is 0 Å². The van der Waals surface area contributed by atoms with Crippen LogP contribution in [0.25, 0.3) is 21.8 Å². The number of carbonyl (C=O) groups is 1. The van der Waals surface area contributed by atoms with Crippen LogP contribution in [0.1, 0.15) is 27.5 Å². The van der Waals surface area contributed by atoms with Gasteiger partial charge in [0.25, 0.3) is 0 Å². The summed E-state index contributed by atoms with van der Waals surface area (Å²) in [4.78, 5) is 25.6. The van der Waals surface area contributed by atoms with Crippen LogP contribution in [0, 0.1) is 34.9 Å². The molecular weight excluding hydrogens is 750 g/mol. The zero-order valence-electron chi connectivity index (χ0n) is 29.4. The van der Waals surface area contributed by atoms with Crippen molar-refractivity contribution < 1.29 is 41.4 Å². The summed E-state index contributed by atoms with van der Waals surface area (Å²) in [6.07, 6.45) is 5.64. The summed E-state index contributed by atoms with van der Waals surface area (Å²) in [7, 11) is 0. The van der Waals surface area contributed by atoms with E-state index < -0.39 is 35.1 Å². The van der Waals surface area contributed by atoms with E-state index in [0.29, 0.717) is 40.2 Å². The number of para-hydroxylation sites is 1. The lowest BCUT2D eigenvalue weighted by Gasteiger charge is -2.22. The maximum Gasteiger partial charge on any atom is 0.152 e. The van der Waals surface area contributed by atoms with Gasteiger partial charge in [0, 0.05) is 46.4 Å². The Kier molecular flexibility index (Phi) is 13.7. The summed E-state index contributed by atoms with van der Waals surface area (Å²) < 4.78 is 77.6. The van der Waals surface area contributed by atoms with Gasteiger partial charge in [-0.3, -0.25) is 14.8 Å². The first kappa shape index (κ1) is 40.6. The van der Waals surface area contributed by atoms with Crippen molar-refractivity contribution in [3.05, 3.63) is 192 Å². The summed E-state index contributed by atoms with van der Waals surface area (Å²) >= 11 is 0. The molecule has 0 aliphatic rings. The Hall–Kier alpha value is -7.55. The summed E-state index contributed by atoms with van der Waals surface area (Å²) in [6.45, 7) is 0. The quantitative estimate of drug-likeness (QED) is 0.0991. The van der Waals surface area contributed by atoms with Crippen molar-refractivity contribution in [2.45, 2.75) is 6.04 Å². The highest BCUT2D eigenvalue weighted by Gasteiger charge is 2.23. The number of benzene rings is 4. The number of phenolic OH excluding ortho intramolecular Hbond substituents is 2. The van der Waals surface area contributed by atoms with Crippen molar-refractivity contribution >= 4 is 39.7 Å². The number of nitrogens with one attached hydrogen (secondary N) is 1. The summed E-state index contributed by atoms with van der Waals surface area (Å²) in [5.41, 5.74) is 6.45. The molecule has 0 fully saturated rings. The lowest BCUT2D eigenvalue weighted by Crippen LogP contribution is -2.15. The molecule has 8 rings (SSSR count). The number of anilines is 2. The van der Waals surface area contributed by atoms with Crippen molar-refractivity contribution in [3.8, 4) is 11.5 Å². The van der Waals surface area contributed by atoms with E-state index >= 15 is 0 Å². The van der Waals surface area contributed by atoms with Crippen LogP contribution in [0.4, 0.5) is 38.0 Å². The third kappa shape index (κ3) is 11.0. The number of nitrogen functional groups attached to an aromatic ring is 1. The number of aromatic hydroxyl groups is 2. The number of aldehydes is 1. The molecule has 0 saturated heterocycles. The van der Waals surface area contributed by atoms with Crippen LogP contribution >= 0.6 is 0 Å². The molecule has 57 heavy (non-hydrogen) atoms. The molecule has 4 heterocycles. The molecular formula is C42H30F6N6O3. The van der Waals surface area contributed by atoms with Crippen molar-refractivity contribution in [2.75, 3.05) is 11.1 Å². The first-order valence-corrected chi connectivity index (χ1v) is 16.6. The van der Waals surface area contributed by atoms with E-state index in [0.717, 1.165) is 42.0 Å². The largest absolute Gasteiger partial charge is 0.506 e. The molecule has 4 aromatic heterocycles. The standard InChI is InChI=1S/C21H14F3N3O.C9H7NO.C7H4F2O.C5H5FN2/c22-13-4-7-15(17(24)10-13)20(27-18-8-5-14(23)11-26-18)16-6-3-12-2-1-9-25-19(12)21(16)28;11-8-5-1-3-7-4-2-6-10-9(7)8;8-6-2-1-5(4-10)7(9)3-6;6-4-1-2-5(7)8-3-4/h1-11,20,28H,(H,26,27);1-6,11H;1-4H;1-3H,(H2,7,8). The van der Waals surface area contributed by atoms with Gasteiger partial charge < -0.3 is 21.3 Å². The van der Waals surface area contributed by atoms with E-state index in [-0.39, 0.29) is 34.3 Å². The average Bonchev–Trinajstić information content (AvgIpc) is 3.21. The molecule has 4 aromatic carbocycles. The monoisotopic (exact) mass is 780 g/mol. The first-order valence-electron chi connectivity index (χ1n) is 16.6. The Labute approximate surface area is 320 Å². The minimum atomic E-state index is -0.912. The molecule has 15 heteroatoms. The Balaban J connectivity index is 0.000000173. The molecule has 9 nitrogen and oxygen atoms in total. The molecule has 288 valence electrons. The van der Waals surface area contributed by atoms with E-state index in [2.05, 4.69) is 25.3 Å². The number of hydrogen-bond acceptors (Lipinski definition) is 9. The van der Waals surface area contributed by atoms with Crippen molar-refractivity contribution in [1.29, 1.82) is 0 Å². The maximum absolute atomic E-state index is 14.5. The SMILES string of the molecule is Nc1ccc(F)cn1.O=Cc1ccc(F)cc1F.Oc1c(C(Nc2ccc(F)cn2)c2ccc(F)cc2F)ccc2cccnc12.Oc1cccc2cccnc12. The van der Waals surface area contributed by atoms with E-state index in [1.54, 1.807) is 42.6 Å². The molecule has 0 radical (unpaired) electrons. The van der Waals surface area contributed by atoms with Gasteiger partial charge in [-0.15, -0.1) is 0 Å². The van der Waals surface area contributed by atoms with Gasteiger partial charge in [-0.05, 0) is 60.7 Å². The number of phenols is 2. The van der Waals surface area contributed by atoms with E-state index in [9.17, 15) is 41.4 Å². The first-order chi connectivity index (χ1) is 27.4. The third-order valence-corrected chi connectivity index (χ3v) is 7.83. The normalized spacial score (nSPS) is 10.8. The van der Waals surface area contributed by atoms with Gasteiger partial charge >= 0.3 is 0 Å². The zero-order valence-corrected chi connectivity index (χ0v) is 29.4. The summed E-state index contributed by atoms with van der Waals surface area (Å²) in [5, 5.41) is 24.7. The number of aromatic nitrogens is 4. The van der Waals surface area contributed by atoms with Crippen molar-refractivity contribution in [3.63, 3.8) is 0 Å². The Morgan fingerprint density at radius 1 is 0.579 bits per heavy atom. The lowest BCUT2D eigenvalue weighted by molar-refractivity contribution is 0.111. The van der Waals surface area contributed by atoms with Crippen LogP contribution < -0.4 is 11.1 Å². The van der Waals surface area contributed by atoms with Crippen LogP contribution in [0.3, 0.4) is 0 Å². The number of fused-ring (bicyclic) bond motifs is 2. The van der Waals surface area contributed by atoms with Crippen LogP contribution in [0.2, 0.25) is 0 Å². The minimum Gasteiger partial charge on any atom is -0.506 e. The molecule has 0 aliphatic heterocycles. The highest BCUT2D eigenvalue weighted by Crippen LogP contribution is 2.37. The summed E-state index contributed by atoms with van der Waals surface area (Å²) in [5.74, 6) is -3.19. The minimum absolute atomic E-state index is 0.0955. The van der Waals surface area contributed by atoms with Crippen LogP contribution in [-0.4, -0.2) is 36.4 Å². The predicted molar refractivity (Wildman–Crippen MR) is 203 cm³/mol. The van der Waals surface area contributed by atoms with Gasteiger partial charge in [-0.25, -0.2) is 36.3 Å². The smallest absolute Gasteiger partial charge is 0.152 e. The Bertz CT molecular complexity index is 2570. The van der Waals surface area contributed by atoms with E-state index in [1.165, 1.54) is 36.5 Å². The second kappa shape index (κ2) is 19.2. The van der Waals surface area contributed by atoms with Gasteiger partial charge in [0.15, 0.2) is 6.29 Å². The average molecular weight is 781 g/mol. The topological polar surface area (TPSA) is 147 Å². The Morgan fingerprint density at radius 2 is 1.16 bits per heavy atom. The summed E-state index contributed by atoms with van der Waals surface area (Å²) in [6, 6.07) is 26.3. The lowest BCUT2D eigenvalue weighted by atomic mass is 9.95. The molecule has 0 amide bonds. The highest BCUT2D eigenvalue weighted by molar-refractivity contribution is 5.86. The molecule has 1 atom stereocenters. The van der Waals surface area contributed by atoms with E-state index in [1.807, 2.05) is 18.2 Å². The number of halogens is 6. The molecule has 0 spiro atoms. The number of nitrogens with zero attached hydrogens (tertiary/aromatic N) is 4. The second-order valence-electron chi connectivity index (χ2n) is 11.7. The number of nitrogens with two attached hydrogens (primary N) is 1. The van der Waals surface area contributed by atoms with Crippen LogP contribution in [0.15, 0.2) is 140 Å². The number of rotatable bonds is 5. The van der Waals surface area contributed by atoms with Crippen LogP contribution in [0.5, 0.6) is 11.5 Å². The van der Waals surface area contributed by atoms with Gasteiger partial charge in [0.05, 0.1) is 24.0 Å². The number of pyridine rings is 4. The van der Waals surface area contributed by atoms with Crippen molar-refractivity contribution in [1.82, 2.24) is 19.9 Å². The Morgan fingerprint density at radius 3 is 1.74 bits per heavy atom. The van der Waals surface area contributed by atoms with E-state index in [4.69, 9.17) is 5.73 Å². The number of hydrogen-bond donors (Lipinski definition) is 4. The molecule has 0 saturated carbocycles. The fourth-order valence-corrected chi connectivity index (χ4v) is 5.12. The number of carbonyl (C=O) groups excluding carboxylic acids is 1. The third-order valence-electron chi connectivity index (χ3n) is 7.83. The van der Waals surface area contributed by atoms with Crippen molar-refractivity contribution in [2.24, 2.45) is 0 Å². The second-order valence-corrected chi connectivity index (χ2v) is 11.7. The van der Waals surface area contributed by atoms with Crippen LogP contribution in [-0.2, 0) is 0 Å². The highest BCUT2D eigenvalue weighted by atomic mass is 19.2. The fourth-order valence-electron chi connectivity index (χ4n) is 5.12. The fraction of sp³-hybridized carbons (Fsp3) is 0.0238. The molecule has 0 aliphatic carbocycles. The molecule has 5 N–H and O–H groups in total. The molecule has 8 aromatic rings.